The Kier molecular flexibility index (Phi) is 3.57. The number of fused-ring (bicyclic) bond motifs is 1. The number of nitrogens with one attached hydrogen (secondary N) is 1. The number of piperidine rings is 1. The van der Waals surface area contributed by atoms with Gasteiger partial charge in [0.1, 0.15) is 5.82 Å². The maximum atomic E-state index is 13.5. The first-order chi connectivity index (χ1) is 8.72. The highest BCUT2D eigenvalue weighted by Gasteiger charge is 2.31. The number of nitrogens with zero attached hydrogens (tertiary/aromatic N) is 1. The summed E-state index contributed by atoms with van der Waals surface area (Å²) in [7, 11) is 0. The predicted molar refractivity (Wildman–Crippen MR) is 75.3 cm³/mol. The fourth-order valence-electron chi connectivity index (χ4n) is 3.18. The third kappa shape index (κ3) is 2.54. The minimum Gasteiger partial charge on any atom is -0.382 e. The second-order valence-corrected chi connectivity index (χ2v) is 6.18. The Bertz CT molecular complexity index is 438. The molecule has 0 aliphatic carbocycles. The zero-order valence-corrected chi connectivity index (χ0v) is 11.9. The zero-order valence-electron chi connectivity index (χ0n) is 10.3. The molecule has 0 amide bonds. The van der Waals surface area contributed by atoms with Crippen LogP contribution in [-0.4, -0.2) is 30.1 Å². The van der Waals surface area contributed by atoms with Crippen molar-refractivity contribution in [1.82, 2.24) is 4.90 Å². The fourth-order valence-corrected chi connectivity index (χ4v) is 3.42. The second kappa shape index (κ2) is 5.17. The summed E-state index contributed by atoms with van der Waals surface area (Å²) in [6.07, 6.45) is 5.02. The second-order valence-electron chi connectivity index (χ2n) is 5.33. The number of anilines is 1. The summed E-state index contributed by atoms with van der Waals surface area (Å²) in [5, 5.41) is 3.47. The first kappa shape index (κ1) is 12.4. The van der Waals surface area contributed by atoms with Crippen molar-refractivity contribution in [2.75, 3.05) is 18.4 Å². The quantitative estimate of drug-likeness (QED) is 0.897. The minimum atomic E-state index is -0.196. The molecule has 0 saturated carbocycles. The summed E-state index contributed by atoms with van der Waals surface area (Å²) in [6.45, 7) is 2.45. The third-order valence-corrected chi connectivity index (χ3v) is 4.75. The third-order valence-electron chi connectivity index (χ3n) is 4.11. The molecule has 98 valence electrons. The van der Waals surface area contributed by atoms with Gasteiger partial charge in [-0.3, -0.25) is 0 Å². The average molecular weight is 313 g/mol. The van der Waals surface area contributed by atoms with Gasteiger partial charge in [0, 0.05) is 24.3 Å². The number of halogens is 2. The molecule has 2 aliphatic rings. The van der Waals surface area contributed by atoms with Crippen LogP contribution in [0, 0.1) is 5.82 Å². The van der Waals surface area contributed by atoms with Gasteiger partial charge in [-0.2, -0.15) is 0 Å². The van der Waals surface area contributed by atoms with Crippen LogP contribution in [0.3, 0.4) is 0 Å². The smallest absolute Gasteiger partial charge is 0.139 e. The molecule has 3 rings (SSSR count). The molecular weight excluding hydrogens is 295 g/mol. The Morgan fingerprint density at radius 2 is 2.17 bits per heavy atom. The Morgan fingerprint density at radius 3 is 3.00 bits per heavy atom. The van der Waals surface area contributed by atoms with Crippen molar-refractivity contribution in [3.05, 3.63) is 28.5 Å². The Hall–Kier alpha value is -0.610. The molecule has 0 radical (unpaired) electrons. The van der Waals surface area contributed by atoms with E-state index in [1.165, 1.54) is 32.4 Å². The van der Waals surface area contributed by atoms with Gasteiger partial charge in [-0.1, -0.05) is 0 Å². The van der Waals surface area contributed by atoms with E-state index in [-0.39, 0.29) is 5.82 Å². The van der Waals surface area contributed by atoms with E-state index in [2.05, 4.69) is 26.1 Å². The van der Waals surface area contributed by atoms with Gasteiger partial charge in [0.25, 0.3) is 0 Å². The Balaban J connectivity index is 1.64. The molecule has 2 nitrogen and oxygen atoms in total. The van der Waals surface area contributed by atoms with Crippen LogP contribution in [0.2, 0.25) is 0 Å². The molecule has 1 N–H and O–H groups in total. The normalized spacial score (nSPS) is 28.1. The predicted octanol–water partition coefficient (Wildman–Crippen LogP) is 3.63. The summed E-state index contributed by atoms with van der Waals surface area (Å²) in [6, 6.07) is 6.52. The highest BCUT2D eigenvalue weighted by atomic mass is 79.9. The van der Waals surface area contributed by atoms with Crippen LogP contribution in [0.25, 0.3) is 0 Å². The summed E-state index contributed by atoms with van der Waals surface area (Å²) < 4.78 is 14.0. The highest BCUT2D eigenvalue weighted by molar-refractivity contribution is 9.10. The average Bonchev–Trinajstić information content (AvgIpc) is 2.81. The van der Waals surface area contributed by atoms with Crippen LogP contribution in [0.4, 0.5) is 10.1 Å². The first-order valence-electron chi connectivity index (χ1n) is 6.68. The van der Waals surface area contributed by atoms with Crippen molar-refractivity contribution in [3.63, 3.8) is 0 Å². The molecule has 2 saturated heterocycles. The zero-order chi connectivity index (χ0) is 12.5. The van der Waals surface area contributed by atoms with Crippen LogP contribution in [0.15, 0.2) is 22.7 Å². The van der Waals surface area contributed by atoms with Crippen molar-refractivity contribution in [3.8, 4) is 0 Å². The molecule has 1 aromatic carbocycles. The Morgan fingerprint density at radius 1 is 1.28 bits per heavy atom. The van der Waals surface area contributed by atoms with E-state index in [0.717, 1.165) is 18.2 Å². The van der Waals surface area contributed by atoms with E-state index in [9.17, 15) is 4.39 Å². The van der Waals surface area contributed by atoms with Crippen LogP contribution in [0.1, 0.15) is 25.7 Å². The first-order valence-corrected chi connectivity index (χ1v) is 7.47. The van der Waals surface area contributed by atoms with Gasteiger partial charge in [-0.05, 0) is 66.4 Å². The number of rotatable bonds is 2. The van der Waals surface area contributed by atoms with Gasteiger partial charge >= 0.3 is 0 Å². The Labute approximate surface area is 116 Å². The number of hydrogen-bond donors (Lipinski definition) is 1. The van der Waals surface area contributed by atoms with E-state index in [4.69, 9.17) is 0 Å². The number of benzene rings is 1. The van der Waals surface area contributed by atoms with Crippen LogP contribution >= 0.6 is 15.9 Å². The molecule has 0 bridgehead atoms. The largest absolute Gasteiger partial charge is 0.382 e. The lowest BCUT2D eigenvalue weighted by atomic mass is 9.97. The van der Waals surface area contributed by atoms with Gasteiger partial charge in [-0.15, -0.1) is 0 Å². The van der Waals surface area contributed by atoms with E-state index in [0.29, 0.717) is 10.5 Å². The van der Waals surface area contributed by atoms with Gasteiger partial charge in [0.15, 0.2) is 0 Å². The van der Waals surface area contributed by atoms with E-state index < -0.39 is 0 Å². The van der Waals surface area contributed by atoms with Gasteiger partial charge < -0.3 is 10.2 Å². The van der Waals surface area contributed by atoms with Crippen molar-refractivity contribution in [2.24, 2.45) is 0 Å². The molecule has 2 fully saturated rings. The van der Waals surface area contributed by atoms with E-state index >= 15 is 0 Å². The van der Waals surface area contributed by atoms with E-state index in [1.807, 2.05) is 6.07 Å². The minimum absolute atomic E-state index is 0.196. The summed E-state index contributed by atoms with van der Waals surface area (Å²) in [5.74, 6) is -0.196. The lowest BCUT2D eigenvalue weighted by molar-refractivity contribution is 0.188. The molecule has 2 atom stereocenters. The molecule has 1 aromatic rings. The molecular formula is C14H18BrFN2. The van der Waals surface area contributed by atoms with E-state index in [1.54, 1.807) is 12.1 Å². The van der Waals surface area contributed by atoms with Crippen molar-refractivity contribution < 1.29 is 4.39 Å². The summed E-state index contributed by atoms with van der Waals surface area (Å²) in [4.78, 5) is 2.60. The lowest BCUT2D eigenvalue weighted by Gasteiger charge is -2.35. The fraction of sp³-hybridized carbons (Fsp3) is 0.571. The van der Waals surface area contributed by atoms with Gasteiger partial charge in [-0.25, -0.2) is 4.39 Å². The summed E-state index contributed by atoms with van der Waals surface area (Å²) in [5.41, 5.74) is 0.896. The topological polar surface area (TPSA) is 15.3 Å². The van der Waals surface area contributed by atoms with Crippen molar-refractivity contribution in [2.45, 2.75) is 37.8 Å². The SMILES string of the molecule is Fc1cc(NC2CCN3CCCC3C2)ccc1Br. The van der Waals surface area contributed by atoms with Crippen molar-refractivity contribution in [1.29, 1.82) is 0 Å². The van der Waals surface area contributed by atoms with Gasteiger partial charge in [0.05, 0.1) is 4.47 Å². The van der Waals surface area contributed by atoms with Gasteiger partial charge in [0.2, 0.25) is 0 Å². The van der Waals surface area contributed by atoms with Crippen molar-refractivity contribution >= 4 is 21.6 Å². The van der Waals surface area contributed by atoms with Crippen LogP contribution < -0.4 is 5.32 Å². The molecule has 2 aliphatic heterocycles. The standard InChI is InChI=1S/C14H18BrFN2/c15-13-4-3-10(9-14(13)16)17-11-5-7-18-6-1-2-12(18)8-11/h3-4,9,11-12,17H,1-2,5-8H2. The molecule has 0 aromatic heterocycles. The number of hydrogen-bond acceptors (Lipinski definition) is 2. The summed E-state index contributed by atoms with van der Waals surface area (Å²) >= 11 is 3.18. The van der Waals surface area contributed by atoms with Crippen LogP contribution in [0.5, 0.6) is 0 Å². The molecule has 18 heavy (non-hydrogen) atoms. The molecule has 0 spiro atoms. The molecule has 2 unspecified atom stereocenters. The monoisotopic (exact) mass is 312 g/mol. The molecule has 2 heterocycles. The van der Waals surface area contributed by atoms with Crippen LogP contribution in [-0.2, 0) is 0 Å². The molecule has 4 heteroatoms. The highest BCUT2D eigenvalue weighted by Crippen LogP contribution is 2.29. The maximum Gasteiger partial charge on any atom is 0.139 e. The lowest BCUT2D eigenvalue weighted by Crippen LogP contribution is -2.42. The maximum absolute atomic E-state index is 13.5.